The highest BCUT2D eigenvalue weighted by molar-refractivity contribution is 7.14. The van der Waals surface area contributed by atoms with E-state index in [2.05, 4.69) is 10.3 Å². The number of amides is 2. The molecule has 0 unspecified atom stereocenters. The number of esters is 1. The Hall–Kier alpha value is -1.96. The highest BCUT2D eigenvalue weighted by Gasteiger charge is 2.25. The van der Waals surface area contributed by atoms with E-state index in [-0.39, 0.29) is 18.2 Å². The Balaban J connectivity index is 1.88. The van der Waals surface area contributed by atoms with E-state index in [0.717, 1.165) is 6.42 Å². The number of thiazole rings is 1. The van der Waals surface area contributed by atoms with Crippen LogP contribution in [-0.4, -0.2) is 42.0 Å². The van der Waals surface area contributed by atoms with Gasteiger partial charge in [0.15, 0.2) is 11.2 Å². The molecular weight excluding hydrogens is 306 g/mol. The quantitative estimate of drug-likeness (QED) is 0.784. The fourth-order valence-corrected chi connectivity index (χ4v) is 2.98. The number of nitrogens with zero attached hydrogens (tertiary/aromatic N) is 2. The van der Waals surface area contributed by atoms with Gasteiger partial charge in [-0.3, -0.25) is 19.3 Å². The van der Waals surface area contributed by atoms with Crippen molar-refractivity contribution in [2.75, 3.05) is 18.0 Å². The van der Waals surface area contributed by atoms with Crippen molar-refractivity contribution < 1.29 is 19.1 Å². The molecule has 0 spiro atoms. The lowest BCUT2D eigenvalue weighted by Gasteiger charge is -2.12. The van der Waals surface area contributed by atoms with Crippen LogP contribution in [0.2, 0.25) is 0 Å². The lowest BCUT2D eigenvalue weighted by molar-refractivity contribution is -0.154. The first-order chi connectivity index (χ1) is 10.5. The molecule has 1 N–H and O–H groups in total. The van der Waals surface area contributed by atoms with Gasteiger partial charge in [0, 0.05) is 24.9 Å². The number of aromatic nitrogens is 1. The van der Waals surface area contributed by atoms with Crippen molar-refractivity contribution in [1.82, 2.24) is 10.3 Å². The van der Waals surface area contributed by atoms with E-state index in [4.69, 9.17) is 4.74 Å². The first-order valence-corrected chi connectivity index (χ1v) is 8.11. The number of carbonyl (C=O) groups excluding carboxylic acids is 3. The standard InChI is InChI=1S/C14H19N3O4S/c1-3-15-13(20)9(2)21-12(19)7-10-8-22-14(16-10)17-6-4-5-11(17)18/h8-9H,3-7H2,1-2H3,(H,15,20)/t9-/m1/s1. The summed E-state index contributed by atoms with van der Waals surface area (Å²) in [5, 5.41) is 4.93. The first-order valence-electron chi connectivity index (χ1n) is 7.23. The molecule has 8 heteroatoms. The van der Waals surface area contributed by atoms with Gasteiger partial charge in [-0.25, -0.2) is 4.98 Å². The monoisotopic (exact) mass is 325 g/mol. The largest absolute Gasteiger partial charge is 0.452 e. The minimum absolute atomic E-state index is 0.0116. The normalized spacial score (nSPS) is 15.7. The number of likely N-dealkylation sites (N-methyl/N-ethyl adjacent to an activating group) is 1. The van der Waals surface area contributed by atoms with Gasteiger partial charge >= 0.3 is 5.97 Å². The number of hydrogen-bond donors (Lipinski definition) is 1. The molecule has 1 aliphatic rings. The van der Waals surface area contributed by atoms with Gasteiger partial charge in [-0.2, -0.15) is 0 Å². The number of rotatable bonds is 6. The number of ether oxygens (including phenoxy) is 1. The Morgan fingerprint density at radius 3 is 2.95 bits per heavy atom. The Morgan fingerprint density at radius 1 is 1.55 bits per heavy atom. The van der Waals surface area contributed by atoms with E-state index >= 15 is 0 Å². The molecule has 0 aromatic carbocycles. The Labute approximate surface area is 132 Å². The molecule has 0 saturated carbocycles. The molecule has 2 amide bonds. The molecule has 1 aromatic heterocycles. The number of nitrogens with one attached hydrogen (secondary N) is 1. The Kier molecular flexibility index (Phi) is 5.48. The average Bonchev–Trinajstić information content (AvgIpc) is 3.07. The topological polar surface area (TPSA) is 88.6 Å². The summed E-state index contributed by atoms with van der Waals surface area (Å²) in [7, 11) is 0. The third-order valence-corrected chi connectivity index (χ3v) is 4.11. The smallest absolute Gasteiger partial charge is 0.312 e. The molecule has 7 nitrogen and oxygen atoms in total. The molecule has 1 saturated heterocycles. The molecular formula is C14H19N3O4S. The second-order valence-electron chi connectivity index (χ2n) is 4.97. The van der Waals surface area contributed by atoms with Crippen molar-refractivity contribution in [3.63, 3.8) is 0 Å². The molecule has 1 aromatic rings. The molecule has 2 rings (SSSR count). The zero-order valence-corrected chi connectivity index (χ0v) is 13.4. The van der Waals surface area contributed by atoms with E-state index in [1.165, 1.54) is 18.3 Å². The summed E-state index contributed by atoms with van der Waals surface area (Å²) in [5.41, 5.74) is 0.549. The summed E-state index contributed by atoms with van der Waals surface area (Å²) in [5.74, 6) is -0.769. The van der Waals surface area contributed by atoms with Crippen LogP contribution in [0.1, 0.15) is 32.4 Å². The third kappa shape index (κ3) is 4.03. The SMILES string of the molecule is CCNC(=O)[C@@H](C)OC(=O)Cc1csc(N2CCCC2=O)n1. The van der Waals surface area contributed by atoms with Crippen LogP contribution in [0, 0.1) is 0 Å². The van der Waals surface area contributed by atoms with Crippen molar-refractivity contribution in [2.45, 2.75) is 39.2 Å². The van der Waals surface area contributed by atoms with E-state index in [1.807, 2.05) is 0 Å². The van der Waals surface area contributed by atoms with Gasteiger partial charge < -0.3 is 10.1 Å². The van der Waals surface area contributed by atoms with Crippen molar-refractivity contribution in [1.29, 1.82) is 0 Å². The number of carbonyl (C=O) groups is 3. The first kappa shape index (κ1) is 16.4. The van der Waals surface area contributed by atoms with Crippen LogP contribution in [-0.2, 0) is 25.5 Å². The van der Waals surface area contributed by atoms with E-state index in [1.54, 1.807) is 17.2 Å². The van der Waals surface area contributed by atoms with Crippen molar-refractivity contribution >= 4 is 34.3 Å². The van der Waals surface area contributed by atoms with Crippen LogP contribution in [0.15, 0.2) is 5.38 Å². The predicted molar refractivity (Wildman–Crippen MR) is 81.6 cm³/mol. The van der Waals surface area contributed by atoms with Crippen LogP contribution in [0.25, 0.3) is 0 Å². The van der Waals surface area contributed by atoms with Crippen molar-refractivity contribution in [3.05, 3.63) is 11.1 Å². The summed E-state index contributed by atoms with van der Waals surface area (Å²) in [6.07, 6.45) is 0.536. The van der Waals surface area contributed by atoms with Gasteiger partial charge in [0.2, 0.25) is 5.91 Å². The second-order valence-corrected chi connectivity index (χ2v) is 5.81. The highest BCUT2D eigenvalue weighted by Crippen LogP contribution is 2.25. The Morgan fingerprint density at radius 2 is 2.32 bits per heavy atom. The van der Waals surface area contributed by atoms with Gasteiger partial charge in [0.05, 0.1) is 12.1 Å². The minimum atomic E-state index is -0.828. The number of hydrogen-bond acceptors (Lipinski definition) is 6. The van der Waals surface area contributed by atoms with Gasteiger partial charge in [0.1, 0.15) is 0 Å². The molecule has 22 heavy (non-hydrogen) atoms. The molecule has 0 radical (unpaired) electrons. The lowest BCUT2D eigenvalue weighted by Crippen LogP contribution is -2.35. The average molecular weight is 325 g/mol. The van der Waals surface area contributed by atoms with Gasteiger partial charge in [0.25, 0.3) is 5.91 Å². The van der Waals surface area contributed by atoms with Gasteiger partial charge in [-0.1, -0.05) is 0 Å². The fourth-order valence-electron chi connectivity index (χ4n) is 2.11. The number of anilines is 1. The van der Waals surface area contributed by atoms with E-state index in [0.29, 0.717) is 30.3 Å². The fraction of sp³-hybridized carbons (Fsp3) is 0.571. The highest BCUT2D eigenvalue weighted by atomic mass is 32.1. The molecule has 0 bridgehead atoms. The molecule has 2 heterocycles. The molecule has 0 aliphatic carbocycles. The maximum absolute atomic E-state index is 11.8. The van der Waals surface area contributed by atoms with Crippen LogP contribution in [0.3, 0.4) is 0 Å². The van der Waals surface area contributed by atoms with Crippen molar-refractivity contribution in [2.24, 2.45) is 0 Å². The summed E-state index contributed by atoms with van der Waals surface area (Å²) >= 11 is 1.33. The Bertz CT molecular complexity index is 572. The van der Waals surface area contributed by atoms with E-state index in [9.17, 15) is 14.4 Å². The van der Waals surface area contributed by atoms with Gasteiger partial charge in [-0.15, -0.1) is 11.3 Å². The molecule has 1 atom stereocenters. The predicted octanol–water partition coefficient (Wildman–Crippen LogP) is 0.880. The zero-order valence-electron chi connectivity index (χ0n) is 12.6. The van der Waals surface area contributed by atoms with Crippen LogP contribution >= 0.6 is 11.3 Å². The zero-order chi connectivity index (χ0) is 16.1. The van der Waals surface area contributed by atoms with Crippen molar-refractivity contribution in [3.8, 4) is 0 Å². The molecule has 1 fully saturated rings. The van der Waals surface area contributed by atoms with Crippen LogP contribution in [0.4, 0.5) is 5.13 Å². The van der Waals surface area contributed by atoms with Crippen LogP contribution < -0.4 is 10.2 Å². The second kappa shape index (κ2) is 7.35. The van der Waals surface area contributed by atoms with Crippen LogP contribution in [0.5, 0.6) is 0 Å². The molecule has 1 aliphatic heterocycles. The van der Waals surface area contributed by atoms with E-state index < -0.39 is 12.1 Å². The maximum Gasteiger partial charge on any atom is 0.312 e. The third-order valence-electron chi connectivity index (χ3n) is 3.20. The summed E-state index contributed by atoms with van der Waals surface area (Å²) < 4.78 is 5.06. The van der Waals surface area contributed by atoms with Gasteiger partial charge in [-0.05, 0) is 20.3 Å². The summed E-state index contributed by atoms with van der Waals surface area (Å²) in [6, 6.07) is 0. The maximum atomic E-state index is 11.8. The minimum Gasteiger partial charge on any atom is -0.452 e. The summed E-state index contributed by atoms with van der Waals surface area (Å²) in [6.45, 7) is 4.48. The lowest BCUT2D eigenvalue weighted by atomic mass is 10.3. The molecule has 120 valence electrons. The summed E-state index contributed by atoms with van der Waals surface area (Å²) in [4.78, 5) is 40.9.